The van der Waals surface area contributed by atoms with Gasteiger partial charge in [-0.3, -0.25) is 9.59 Å². The number of carbonyl (C=O) groups excluding carboxylic acids is 1. The second-order valence-electron chi connectivity index (χ2n) is 10.6. The van der Waals surface area contributed by atoms with E-state index in [1.54, 1.807) is 7.11 Å². The predicted molar refractivity (Wildman–Crippen MR) is 143 cm³/mol. The van der Waals surface area contributed by atoms with E-state index in [1.165, 1.54) is 41.0 Å². The molecular formula is C28H41N3O3S. The van der Waals surface area contributed by atoms with Crippen molar-refractivity contribution in [2.75, 3.05) is 33.9 Å². The molecule has 1 aliphatic carbocycles. The number of nitrogens with zero attached hydrogens (tertiary/aromatic N) is 2. The third-order valence-corrected chi connectivity index (χ3v) is 9.90. The molecule has 4 rings (SSSR count). The van der Waals surface area contributed by atoms with Gasteiger partial charge in [0.1, 0.15) is 0 Å². The van der Waals surface area contributed by atoms with E-state index in [9.17, 15) is 9.59 Å². The van der Waals surface area contributed by atoms with E-state index in [0.717, 1.165) is 36.4 Å². The maximum Gasteiger partial charge on any atom is 0.255 e. The number of fused-ring (bicyclic) bond motifs is 1. The average molecular weight is 500 g/mol. The second kappa shape index (κ2) is 11.0. The van der Waals surface area contributed by atoms with Crippen molar-refractivity contribution < 1.29 is 9.53 Å². The molecule has 0 aromatic carbocycles. The van der Waals surface area contributed by atoms with Crippen LogP contribution in [-0.4, -0.2) is 60.6 Å². The average Bonchev–Trinajstić information content (AvgIpc) is 3.17. The molecule has 3 heterocycles. The predicted octanol–water partition coefficient (Wildman–Crippen LogP) is 4.80. The first kappa shape index (κ1) is 26.1. The Hall–Kier alpha value is -1.96. The monoisotopic (exact) mass is 499 g/mol. The maximum atomic E-state index is 13.6. The number of thiophene rings is 1. The summed E-state index contributed by atoms with van der Waals surface area (Å²) in [5, 5.41) is 0. The molecule has 1 fully saturated rings. The first-order chi connectivity index (χ1) is 16.7. The number of nitrogens with one attached hydrogen (secondary N) is 1. The fourth-order valence-corrected chi connectivity index (χ4v) is 7.51. The molecule has 2 aliphatic rings. The van der Waals surface area contributed by atoms with Gasteiger partial charge >= 0.3 is 0 Å². The lowest BCUT2D eigenvalue weighted by Crippen LogP contribution is -2.38. The van der Waals surface area contributed by atoms with E-state index in [1.807, 2.05) is 36.2 Å². The van der Waals surface area contributed by atoms with Crippen molar-refractivity contribution in [1.29, 1.82) is 0 Å². The fraction of sp³-hybridized carbons (Fsp3) is 0.643. The molecule has 2 aromatic rings. The smallest absolute Gasteiger partial charge is 0.255 e. The van der Waals surface area contributed by atoms with Crippen LogP contribution in [0.4, 0.5) is 0 Å². The standard InChI is InChI=1S/C28H41N3O3S/c1-17-15-18(2)29-27(32)23(17)16-31-12-11-24-25(28(31)33)20(4)26(35-24)19(3)21-7-9-22(10-8-21)30(5)13-14-34-6/h15,19,21-22H,7-14,16H2,1-6H3,(H,29,32)/t19?,21-,22-. The number of hydrogen-bond acceptors (Lipinski definition) is 5. The zero-order chi connectivity index (χ0) is 25.3. The summed E-state index contributed by atoms with van der Waals surface area (Å²) in [5.41, 5.74) is 4.48. The minimum Gasteiger partial charge on any atom is -0.383 e. The second-order valence-corrected chi connectivity index (χ2v) is 11.8. The number of ether oxygens (including phenoxy) is 1. The normalized spacial score (nSPS) is 21.5. The number of rotatable bonds is 8. The third kappa shape index (κ3) is 5.42. The van der Waals surface area contributed by atoms with Crippen molar-refractivity contribution in [1.82, 2.24) is 14.8 Å². The van der Waals surface area contributed by atoms with Gasteiger partial charge in [-0.2, -0.15) is 0 Å². The summed E-state index contributed by atoms with van der Waals surface area (Å²) in [6, 6.07) is 2.63. The van der Waals surface area contributed by atoms with Crippen molar-refractivity contribution in [3.63, 3.8) is 0 Å². The zero-order valence-electron chi connectivity index (χ0n) is 22.2. The summed E-state index contributed by atoms with van der Waals surface area (Å²) in [5.74, 6) is 1.22. The Morgan fingerprint density at radius 2 is 1.91 bits per heavy atom. The van der Waals surface area contributed by atoms with Gasteiger partial charge in [0.05, 0.1) is 18.7 Å². The van der Waals surface area contributed by atoms with Crippen molar-refractivity contribution in [3.8, 4) is 0 Å². The van der Waals surface area contributed by atoms with Crippen LogP contribution in [-0.2, 0) is 17.7 Å². The van der Waals surface area contributed by atoms with Crippen LogP contribution in [0.15, 0.2) is 10.9 Å². The molecule has 0 spiro atoms. The molecule has 1 N–H and O–H groups in total. The number of aromatic amines is 1. The van der Waals surface area contributed by atoms with Crippen LogP contribution in [0.5, 0.6) is 0 Å². The Labute approximate surface area is 213 Å². The summed E-state index contributed by atoms with van der Waals surface area (Å²) < 4.78 is 5.25. The van der Waals surface area contributed by atoms with E-state index in [4.69, 9.17) is 4.74 Å². The quantitative estimate of drug-likeness (QED) is 0.567. The molecule has 0 saturated heterocycles. The number of likely N-dealkylation sites (N-methyl/N-ethyl adjacent to an activating group) is 1. The highest BCUT2D eigenvalue weighted by Gasteiger charge is 2.34. The number of aryl methyl sites for hydroxylation is 2. The van der Waals surface area contributed by atoms with Crippen molar-refractivity contribution >= 4 is 17.2 Å². The molecule has 0 bridgehead atoms. The lowest BCUT2D eigenvalue weighted by molar-refractivity contribution is 0.0727. The van der Waals surface area contributed by atoms with Crippen LogP contribution in [0.1, 0.15) is 81.0 Å². The molecule has 6 nitrogen and oxygen atoms in total. The van der Waals surface area contributed by atoms with Gasteiger partial charge in [-0.1, -0.05) is 6.92 Å². The van der Waals surface area contributed by atoms with Gasteiger partial charge in [0.25, 0.3) is 11.5 Å². The molecule has 192 valence electrons. The molecule has 1 aliphatic heterocycles. The summed E-state index contributed by atoms with van der Waals surface area (Å²) in [6.45, 7) is 11.2. The number of aromatic nitrogens is 1. The van der Waals surface area contributed by atoms with Crippen LogP contribution in [0.3, 0.4) is 0 Å². The van der Waals surface area contributed by atoms with Crippen molar-refractivity contribution in [3.05, 3.63) is 54.1 Å². The number of hydrogen-bond donors (Lipinski definition) is 1. The summed E-state index contributed by atoms with van der Waals surface area (Å²) in [6.07, 6.45) is 5.81. The van der Waals surface area contributed by atoms with Gasteiger partial charge in [-0.05, 0) is 82.5 Å². The Morgan fingerprint density at radius 3 is 2.57 bits per heavy atom. The largest absolute Gasteiger partial charge is 0.383 e. The van der Waals surface area contributed by atoms with Gasteiger partial charge in [0.15, 0.2) is 0 Å². The van der Waals surface area contributed by atoms with Crippen LogP contribution in [0.2, 0.25) is 0 Å². The Morgan fingerprint density at radius 1 is 1.20 bits per heavy atom. The number of pyridine rings is 1. The van der Waals surface area contributed by atoms with Gasteiger partial charge in [-0.15, -0.1) is 11.3 Å². The van der Waals surface area contributed by atoms with Crippen LogP contribution in [0, 0.1) is 26.7 Å². The molecule has 0 radical (unpaired) electrons. The van der Waals surface area contributed by atoms with Crippen LogP contribution >= 0.6 is 11.3 Å². The maximum absolute atomic E-state index is 13.6. The minimum absolute atomic E-state index is 0.0825. The third-order valence-electron chi connectivity index (χ3n) is 8.34. The lowest BCUT2D eigenvalue weighted by Gasteiger charge is -2.36. The van der Waals surface area contributed by atoms with E-state index in [2.05, 4.69) is 30.8 Å². The van der Waals surface area contributed by atoms with Crippen molar-refractivity contribution in [2.45, 2.75) is 78.3 Å². The first-order valence-electron chi connectivity index (χ1n) is 13.0. The minimum atomic E-state index is -0.0825. The molecule has 1 amide bonds. The molecule has 1 unspecified atom stereocenters. The van der Waals surface area contributed by atoms with Gasteiger partial charge in [0, 0.05) is 53.7 Å². The number of amides is 1. The molecular weight excluding hydrogens is 458 g/mol. The number of methoxy groups -OCH3 is 1. The summed E-state index contributed by atoms with van der Waals surface area (Å²) in [4.78, 5) is 35.9. The van der Waals surface area contributed by atoms with Crippen molar-refractivity contribution in [2.24, 2.45) is 5.92 Å². The molecule has 35 heavy (non-hydrogen) atoms. The Bertz CT molecular complexity index is 1110. The Kier molecular flexibility index (Phi) is 8.19. The highest BCUT2D eigenvalue weighted by molar-refractivity contribution is 7.12. The first-order valence-corrected chi connectivity index (χ1v) is 13.8. The zero-order valence-corrected chi connectivity index (χ0v) is 23.0. The number of H-pyrrole nitrogens is 1. The van der Waals surface area contributed by atoms with E-state index in [-0.39, 0.29) is 11.5 Å². The van der Waals surface area contributed by atoms with Crippen LogP contribution in [0.25, 0.3) is 0 Å². The molecule has 2 aromatic heterocycles. The van der Waals surface area contributed by atoms with Crippen LogP contribution < -0.4 is 5.56 Å². The topological polar surface area (TPSA) is 65.6 Å². The fourth-order valence-electron chi connectivity index (χ4n) is 6.07. The summed E-state index contributed by atoms with van der Waals surface area (Å²) >= 11 is 1.86. The summed E-state index contributed by atoms with van der Waals surface area (Å²) in [7, 11) is 3.98. The van der Waals surface area contributed by atoms with E-state index >= 15 is 0 Å². The lowest BCUT2D eigenvalue weighted by atomic mass is 9.77. The highest BCUT2D eigenvalue weighted by atomic mass is 32.1. The molecule has 1 atom stereocenters. The van der Waals surface area contributed by atoms with E-state index < -0.39 is 0 Å². The highest BCUT2D eigenvalue weighted by Crippen LogP contribution is 2.43. The van der Waals surface area contributed by atoms with Gasteiger partial charge < -0.3 is 19.5 Å². The molecule has 7 heteroatoms. The Balaban J connectivity index is 1.46. The number of carbonyl (C=O) groups is 1. The van der Waals surface area contributed by atoms with E-state index in [0.29, 0.717) is 36.5 Å². The van der Waals surface area contributed by atoms with Gasteiger partial charge in [0.2, 0.25) is 0 Å². The van der Waals surface area contributed by atoms with Gasteiger partial charge in [-0.25, -0.2) is 0 Å². The molecule has 1 saturated carbocycles. The SMILES string of the molecule is COCCN(C)[C@H]1CC[C@H](C(C)c2sc3c(c2C)C(=O)N(Cc2c(C)cc(C)[nH]c2=O)CC3)CC1.